The average Bonchev–Trinajstić information content (AvgIpc) is 2.22. The molecule has 0 saturated carbocycles. The molecular weight excluding hydrogens is 208 g/mol. The van der Waals surface area contributed by atoms with Crippen molar-refractivity contribution < 1.29 is 14.7 Å². The van der Waals surface area contributed by atoms with Crippen LogP contribution in [0.1, 0.15) is 34.1 Å². The van der Waals surface area contributed by atoms with Crippen molar-refractivity contribution in [2.45, 2.75) is 40.2 Å². The van der Waals surface area contributed by atoms with Crippen molar-refractivity contribution in [3.63, 3.8) is 0 Å². The fraction of sp³-hybridized carbons (Fsp3) is 0.818. The highest BCUT2D eigenvalue weighted by atomic mass is 16.4. The van der Waals surface area contributed by atoms with Gasteiger partial charge in [0.25, 0.3) is 0 Å². The molecule has 0 aliphatic heterocycles. The molecule has 0 aromatic heterocycles. The highest BCUT2D eigenvalue weighted by molar-refractivity contribution is 5.81. The van der Waals surface area contributed by atoms with Crippen LogP contribution in [0, 0.1) is 5.41 Å². The normalized spacial score (nSPS) is 13.2. The van der Waals surface area contributed by atoms with Crippen LogP contribution in [0.2, 0.25) is 0 Å². The lowest BCUT2D eigenvalue weighted by Crippen LogP contribution is -2.47. The highest BCUT2D eigenvalue weighted by Crippen LogP contribution is 2.13. The van der Waals surface area contributed by atoms with Crippen LogP contribution in [0.15, 0.2) is 0 Å². The Labute approximate surface area is 96.6 Å². The summed E-state index contributed by atoms with van der Waals surface area (Å²) >= 11 is 0. The molecule has 1 unspecified atom stereocenters. The number of amides is 1. The molecule has 0 bridgehead atoms. The maximum atomic E-state index is 11.5. The first-order valence-corrected chi connectivity index (χ1v) is 5.55. The average molecular weight is 230 g/mol. The first-order valence-electron chi connectivity index (χ1n) is 5.55. The first kappa shape index (κ1) is 14.9. The molecule has 0 heterocycles. The van der Waals surface area contributed by atoms with E-state index in [1.807, 2.05) is 6.92 Å². The Morgan fingerprint density at radius 2 is 1.94 bits per heavy atom. The van der Waals surface area contributed by atoms with Crippen LogP contribution in [0.4, 0.5) is 0 Å². The molecule has 0 aliphatic carbocycles. The quantitative estimate of drug-likeness (QED) is 0.598. The molecule has 0 aromatic rings. The van der Waals surface area contributed by atoms with Crippen molar-refractivity contribution in [2.24, 2.45) is 5.41 Å². The lowest BCUT2D eigenvalue weighted by molar-refractivity contribution is -0.147. The van der Waals surface area contributed by atoms with Gasteiger partial charge in [-0.15, -0.1) is 0 Å². The number of hydrogen-bond acceptors (Lipinski definition) is 3. The zero-order chi connectivity index (χ0) is 12.8. The van der Waals surface area contributed by atoms with Crippen LogP contribution in [0.25, 0.3) is 0 Å². The second-order valence-electron chi connectivity index (χ2n) is 4.58. The Morgan fingerprint density at radius 1 is 1.38 bits per heavy atom. The number of carboxylic acids is 1. The van der Waals surface area contributed by atoms with E-state index in [4.69, 9.17) is 5.11 Å². The SMILES string of the molecule is CCCNC(=O)C(C)NCC(C)(C)C(=O)O. The van der Waals surface area contributed by atoms with Crippen molar-refractivity contribution in [2.75, 3.05) is 13.1 Å². The van der Waals surface area contributed by atoms with Gasteiger partial charge in [0.15, 0.2) is 0 Å². The third-order valence-corrected chi connectivity index (χ3v) is 2.37. The maximum absolute atomic E-state index is 11.5. The van der Waals surface area contributed by atoms with Crippen LogP contribution < -0.4 is 10.6 Å². The summed E-state index contributed by atoms with van der Waals surface area (Å²) in [7, 11) is 0. The minimum absolute atomic E-state index is 0.0944. The topological polar surface area (TPSA) is 78.4 Å². The summed E-state index contributed by atoms with van der Waals surface area (Å²) in [6.45, 7) is 7.86. The summed E-state index contributed by atoms with van der Waals surface area (Å²) in [5, 5.41) is 14.6. The number of carboxylic acid groups (broad SMARTS) is 1. The number of carbonyl (C=O) groups is 2. The van der Waals surface area contributed by atoms with Gasteiger partial charge in [-0.2, -0.15) is 0 Å². The molecule has 0 aliphatic rings. The van der Waals surface area contributed by atoms with Gasteiger partial charge in [0, 0.05) is 13.1 Å². The molecule has 94 valence electrons. The standard InChI is InChI=1S/C11H22N2O3/c1-5-6-12-9(14)8(2)13-7-11(3,4)10(15)16/h8,13H,5-7H2,1-4H3,(H,12,14)(H,15,16). The van der Waals surface area contributed by atoms with Gasteiger partial charge in [0.1, 0.15) is 0 Å². The minimum atomic E-state index is -0.874. The van der Waals surface area contributed by atoms with Crippen molar-refractivity contribution in [1.29, 1.82) is 0 Å². The van der Waals surface area contributed by atoms with Crippen molar-refractivity contribution in [3.8, 4) is 0 Å². The Balaban J connectivity index is 4.02. The van der Waals surface area contributed by atoms with Gasteiger partial charge < -0.3 is 15.7 Å². The largest absolute Gasteiger partial charge is 0.481 e. The molecule has 0 spiro atoms. The molecule has 5 nitrogen and oxygen atoms in total. The Hall–Kier alpha value is -1.10. The summed E-state index contributed by atoms with van der Waals surface area (Å²) in [6, 6.07) is -0.370. The molecule has 0 radical (unpaired) electrons. The van der Waals surface area contributed by atoms with E-state index in [1.165, 1.54) is 0 Å². The summed E-state index contributed by atoms with van der Waals surface area (Å²) in [5.74, 6) is -0.968. The predicted octanol–water partition coefficient (Wildman–Crippen LogP) is 0.601. The van der Waals surface area contributed by atoms with Crippen LogP contribution in [-0.4, -0.2) is 36.1 Å². The molecule has 0 saturated heterocycles. The molecule has 0 fully saturated rings. The fourth-order valence-corrected chi connectivity index (χ4v) is 0.978. The lowest BCUT2D eigenvalue weighted by Gasteiger charge is -2.22. The Bertz CT molecular complexity index is 252. The van der Waals surface area contributed by atoms with Crippen LogP contribution >= 0.6 is 0 Å². The summed E-state index contributed by atoms with van der Waals surface area (Å²) in [6.07, 6.45) is 0.888. The van der Waals surface area contributed by atoms with Gasteiger partial charge in [0.05, 0.1) is 11.5 Å². The highest BCUT2D eigenvalue weighted by Gasteiger charge is 2.28. The van der Waals surface area contributed by atoms with Gasteiger partial charge in [0.2, 0.25) is 5.91 Å². The van der Waals surface area contributed by atoms with Crippen LogP contribution in [0.3, 0.4) is 0 Å². The monoisotopic (exact) mass is 230 g/mol. The van der Waals surface area contributed by atoms with Gasteiger partial charge in [-0.3, -0.25) is 9.59 Å². The number of hydrogen-bond donors (Lipinski definition) is 3. The predicted molar refractivity (Wildman–Crippen MR) is 62.2 cm³/mol. The van der Waals surface area contributed by atoms with E-state index in [1.54, 1.807) is 20.8 Å². The van der Waals surface area contributed by atoms with Crippen molar-refractivity contribution in [3.05, 3.63) is 0 Å². The molecule has 5 heteroatoms. The second-order valence-corrected chi connectivity index (χ2v) is 4.58. The van der Waals surface area contributed by atoms with E-state index in [0.717, 1.165) is 6.42 Å². The minimum Gasteiger partial charge on any atom is -0.481 e. The maximum Gasteiger partial charge on any atom is 0.310 e. The van der Waals surface area contributed by atoms with E-state index in [2.05, 4.69) is 10.6 Å². The lowest BCUT2D eigenvalue weighted by atomic mass is 9.93. The molecular formula is C11H22N2O3. The van der Waals surface area contributed by atoms with E-state index < -0.39 is 11.4 Å². The molecule has 3 N–H and O–H groups in total. The summed E-state index contributed by atoms with van der Waals surface area (Å²) in [4.78, 5) is 22.3. The molecule has 16 heavy (non-hydrogen) atoms. The van der Waals surface area contributed by atoms with E-state index >= 15 is 0 Å². The molecule has 0 aromatic carbocycles. The Morgan fingerprint density at radius 3 is 2.38 bits per heavy atom. The van der Waals surface area contributed by atoms with Crippen LogP contribution in [-0.2, 0) is 9.59 Å². The van der Waals surface area contributed by atoms with Gasteiger partial charge in [-0.25, -0.2) is 0 Å². The number of carbonyl (C=O) groups excluding carboxylic acids is 1. The van der Waals surface area contributed by atoms with E-state index in [-0.39, 0.29) is 18.5 Å². The molecule has 1 amide bonds. The van der Waals surface area contributed by atoms with Crippen molar-refractivity contribution >= 4 is 11.9 Å². The number of nitrogens with one attached hydrogen (secondary N) is 2. The smallest absolute Gasteiger partial charge is 0.310 e. The third-order valence-electron chi connectivity index (χ3n) is 2.37. The number of aliphatic carboxylic acids is 1. The van der Waals surface area contributed by atoms with Gasteiger partial charge in [-0.05, 0) is 27.2 Å². The zero-order valence-corrected chi connectivity index (χ0v) is 10.5. The fourth-order valence-electron chi connectivity index (χ4n) is 0.978. The summed E-state index contributed by atoms with van der Waals surface area (Å²) in [5.41, 5.74) is -0.862. The Kier molecular flexibility index (Phi) is 6.03. The van der Waals surface area contributed by atoms with E-state index in [9.17, 15) is 9.59 Å². The van der Waals surface area contributed by atoms with Crippen LogP contribution in [0.5, 0.6) is 0 Å². The zero-order valence-electron chi connectivity index (χ0n) is 10.5. The molecule has 0 rings (SSSR count). The number of rotatable bonds is 7. The molecule has 1 atom stereocenters. The summed E-state index contributed by atoms with van der Waals surface area (Å²) < 4.78 is 0. The third kappa shape index (κ3) is 5.11. The first-order chi connectivity index (χ1) is 7.31. The van der Waals surface area contributed by atoms with Crippen molar-refractivity contribution in [1.82, 2.24) is 10.6 Å². The second kappa shape index (κ2) is 6.48. The van der Waals surface area contributed by atoms with Gasteiger partial charge >= 0.3 is 5.97 Å². The van der Waals surface area contributed by atoms with Gasteiger partial charge in [-0.1, -0.05) is 6.92 Å². The van der Waals surface area contributed by atoms with E-state index in [0.29, 0.717) is 6.54 Å².